The van der Waals surface area contributed by atoms with Gasteiger partial charge in [0, 0.05) is 0 Å². The summed E-state index contributed by atoms with van der Waals surface area (Å²) < 4.78 is 0. The predicted octanol–water partition coefficient (Wildman–Crippen LogP) is -0.610. The van der Waals surface area contributed by atoms with Gasteiger partial charge in [-0.05, 0) is 6.42 Å². The Kier molecular flexibility index (Phi) is 3.24. The largest absolute Gasteiger partial charge is 0.316 e. The molecule has 5 heteroatoms. The van der Waals surface area contributed by atoms with Gasteiger partial charge in [-0.2, -0.15) is 0 Å². The van der Waals surface area contributed by atoms with E-state index in [1.54, 1.807) is 0 Å². The number of nitrogens with zero attached hydrogens (tertiary/aromatic N) is 1. The zero-order chi connectivity index (χ0) is 10.6. The first-order valence-corrected chi connectivity index (χ1v) is 4.33. The fourth-order valence-electron chi connectivity index (χ4n) is 1.04. The summed E-state index contributed by atoms with van der Waals surface area (Å²) in [6.07, 6.45) is 6.85. The summed E-state index contributed by atoms with van der Waals surface area (Å²) in [6, 6.07) is -0.298. The lowest BCUT2D eigenvalue weighted by atomic mass is 10.2. The molecule has 74 valence electrons. The van der Waals surface area contributed by atoms with E-state index in [-0.39, 0.29) is 12.0 Å². The molecule has 2 amide bonds. The Hall–Kier alpha value is -1.83. The molecule has 1 aliphatic heterocycles. The monoisotopic (exact) mass is 193 g/mol. The number of aliphatic imine (C=N–C) groups is 1. The maximum absolute atomic E-state index is 10.8. The van der Waals surface area contributed by atoms with Gasteiger partial charge in [0.1, 0.15) is 6.04 Å². The molecule has 0 spiro atoms. The van der Waals surface area contributed by atoms with Crippen LogP contribution in [-0.4, -0.2) is 23.8 Å². The number of guanidine groups is 1. The molecule has 0 saturated carbocycles. The number of hydrogen-bond acceptors (Lipinski definition) is 3. The lowest BCUT2D eigenvalue weighted by Gasteiger charge is -2.03. The number of nitrogens with one attached hydrogen (secondary N) is 2. The maximum Gasteiger partial charge on any atom is 0.316 e. The van der Waals surface area contributed by atoms with Crippen LogP contribution in [0.3, 0.4) is 0 Å². The summed E-state index contributed by atoms with van der Waals surface area (Å²) in [7, 11) is 0. The van der Waals surface area contributed by atoms with Crippen molar-refractivity contribution in [2.75, 3.05) is 0 Å². The molecule has 1 heterocycles. The summed E-state index contributed by atoms with van der Waals surface area (Å²) in [5.74, 6) is 1.22. The van der Waals surface area contributed by atoms with Crippen molar-refractivity contribution in [1.82, 2.24) is 10.6 Å². The van der Waals surface area contributed by atoms with Crippen molar-refractivity contribution in [3.8, 4) is 12.3 Å². The number of rotatable bonds is 3. The number of terminal acetylenes is 1. The maximum atomic E-state index is 10.8. The summed E-state index contributed by atoms with van der Waals surface area (Å²) in [5, 5.41) is 4.56. The van der Waals surface area contributed by atoms with Crippen molar-refractivity contribution in [3.05, 3.63) is 0 Å². The smallest absolute Gasteiger partial charge is 0.288 e. The Labute approximate surface area is 82.0 Å². The van der Waals surface area contributed by atoms with Crippen LogP contribution < -0.4 is 10.6 Å². The Morgan fingerprint density at radius 1 is 1.43 bits per heavy atom. The molecule has 0 aromatic carbocycles. The number of carbonyl (C=O) groups is 2. The highest BCUT2D eigenvalue weighted by atomic mass is 16.2. The van der Waals surface area contributed by atoms with Gasteiger partial charge in [0.05, 0.1) is 0 Å². The van der Waals surface area contributed by atoms with Crippen molar-refractivity contribution >= 4 is 17.8 Å². The quantitative estimate of drug-likeness (QED) is 0.463. The van der Waals surface area contributed by atoms with E-state index in [1.807, 2.05) is 6.92 Å². The van der Waals surface area contributed by atoms with Crippen LogP contribution in [0.25, 0.3) is 0 Å². The molecule has 0 aromatic rings. The Balaban J connectivity index is 2.65. The van der Waals surface area contributed by atoms with Crippen molar-refractivity contribution < 1.29 is 9.59 Å². The molecular formula is C9H11N3O2. The second-order valence-corrected chi connectivity index (χ2v) is 2.86. The van der Waals surface area contributed by atoms with Crippen LogP contribution in [0.1, 0.15) is 19.8 Å². The predicted molar refractivity (Wildman–Crippen MR) is 51.2 cm³/mol. The molecule has 2 N–H and O–H groups in total. The average Bonchev–Trinajstić information content (AvgIpc) is 2.45. The molecular weight excluding hydrogens is 182 g/mol. The number of amides is 2. The Bertz CT molecular complexity index is 309. The molecule has 0 bridgehead atoms. The molecule has 0 aliphatic carbocycles. The second kappa shape index (κ2) is 4.42. The van der Waals surface area contributed by atoms with E-state index in [0.29, 0.717) is 0 Å². The van der Waals surface area contributed by atoms with Gasteiger partial charge >= 0.3 is 11.8 Å². The molecule has 5 nitrogen and oxygen atoms in total. The highest BCUT2D eigenvalue weighted by Crippen LogP contribution is 2.00. The van der Waals surface area contributed by atoms with Gasteiger partial charge in [0.2, 0.25) is 5.96 Å². The standard InChI is InChI=1S/C9H11N3O2/c1-3-5-6(4-2)10-9-11-7(13)8(14)12-9/h2,6H,3,5H2,1H3,(H2,10,11,12,13,14). The zero-order valence-electron chi connectivity index (χ0n) is 7.83. The molecule has 0 radical (unpaired) electrons. The molecule has 1 rings (SSSR count). The van der Waals surface area contributed by atoms with Crippen molar-refractivity contribution in [2.24, 2.45) is 4.99 Å². The molecule has 1 unspecified atom stereocenters. The minimum Gasteiger partial charge on any atom is -0.288 e. The molecule has 1 aliphatic rings. The third-order valence-corrected chi connectivity index (χ3v) is 1.71. The van der Waals surface area contributed by atoms with Gasteiger partial charge in [-0.3, -0.25) is 20.2 Å². The Morgan fingerprint density at radius 3 is 2.43 bits per heavy atom. The second-order valence-electron chi connectivity index (χ2n) is 2.86. The van der Waals surface area contributed by atoms with E-state index in [0.717, 1.165) is 12.8 Å². The fraction of sp³-hybridized carbons (Fsp3) is 0.444. The van der Waals surface area contributed by atoms with E-state index in [9.17, 15) is 9.59 Å². The lowest BCUT2D eigenvalue weighted by Crippen LogP contribution is -2.27. The third-order valence-electron chi connectivity index (χ3n) is 1.71. The Morgan fingerprint density at radius 2 is 2.00 bits per heavy atom. The van der Waals surface area contributed by atoms with E-state index < -0.39 is 11.8 Å². The van der Waals surface area contributed by atoms with Crippen molar-refractivity contribution in [1.29, 1.82) is 0 Å². The van der Waals surface area contributed by atoms with Gasteiger partial charge in [0.15, 0.2) is 0 Å². The van der Waals surface area contributed by atoms with Gasteiger partial charge in [-0.15, -0.1) is 6.42 Å². The first-order valence-electron chi connectivity index (χ1n) is 4.33. The first kappa shape index (κ1) is 10.3. The minimum atomic E-state index is -0.698. The minimum absolute atomic E-state index is 0.149. The average molecular weight is 193 g/mol. The van der Waals surface area contributed by atoms with Crippen LogP contribution in [0, 0.1) is 12.3 Å². The SMILES string of the molecule is C#CC(CCC)N=C1NC(=O)C(=O)N1. The summed E-state index contributed by atoms with van der Waals surface area (Å²) in [6.45, 7) is 1.98. The van der Waals surface area contributed by atoms with Crippen molar-refractivity contribution in [2.45, 2.75) is 25.8 Å². The van der Waals surface area contributed by atoms with Crippen LogP contribution in [-0.2, 0) is 9.59 Å². The van der Waals surface area contributed by atoms with E-state index in [1.165, 1.54) is 0 Å². The van der Waals surface area contributed by atoms with Gasteiger partial charge in [-0.25, -0.2) is 4.99 Å². The number of hydrogen-bond donors (Lipinski definition) is 2. The highest BCUT2D eigenvalue weighted by Gasteiger charge is 2.25. The van der Waals surface area contributed by atoms with E-state index in [4.69, 9.17) is 6.42 Å². The summed E-state index contributed by atoms with van der Waals surface area (Å²) in [4.78, 5) is 25.5. The van der Waals surface area contributed by atoms with Gasteiger partial charge in [0.25, 0.3) is 0 Å². The summed E-state index contributed by atoms with van der Waals surface area (Å²) in [5.41, 5.74) is 0. The third kappa shape index (κ3) is 2.33. The topological polar surface area (TPSA) is 70.6 Å². The van der Waals surface area contributed by atoms with E-state index >= 15 is 0 Å². The molecule has 1 fully saturated rings. The number of carbonyl (C=O) groups excluding carboxylic acids is 2. The molecule has 1 saturated heterocycles. The van der Waals surface area contributed by atoms with Crippen molar-refractivity contribution in [3.63, 3.8) is 0 Å². The fourth-order valence-corrected chi connectivity index (χ4v) is 1.04. The van der Waals surface area contributed by atoms with E-state index in [2.05, 4.69) is 21.5 Å². The highest BCUT2D eigenvalue weighted by molar-refractivity contribution is 6.45. The van der Waals surface area contributed by atoms with Crippen LogP contribution in [0.5, 0.6) is 0 Å². The van der Waals surface area contributed by atoms with Gasteiger partial charge < -0.3 is 0 Å². The lowest BCUT2D eigenvalue weighted by molar-refractivity contribution is -0.135. The van der Waals surface area contributed by atoms with Crippen LogP contribution in [0.4, 0.5) is 0 Å². The molecule has 1 atom stereocenters. The van der Waals surface area contributed by atoms with Gasteiger partial charge in [-0.1, -0.05) is 19.3 Å². The first-order chi connectivity index (χ1) is 6.67. The van der Waals surface area contributed by atoms with Crippen LogP contribution in [0.15, 0.2) is 4.99 Å². The van der Waals surface area contributed by atoms with Crippen LogP contribution in [0.2, 0.25) is 0 Å². The summed E-state index contributed by atoms with van der Waals surface area (Å²) >= 11 is 0. The molecule has 0 aromatic heterocycles. The van der Waals surface area contributed by atoms with Crippen LogP contribution >= 0.6 is 0 Å². The normalized spacial score (nSPS) is 17.0. The zero-order valence-corrected chi connectivity index (χ0v) is 7.83. The molecule has 14 heavy (non-hydrogen) atoms.